The Morgan fingerprint density at radius 3 is 2.54 bits per heavy atom. The number of esters is 1. The summed E-state index contributed by atoms with van der Waals surface area (Å²) in [5.41, 5.74) is 0.932. The average Bonchev–Trinajstić information content (AvgIpc) is 3.16. The number of fused-ring (bicyclic) bond motifs is 1. The van der Waals surface area contributed by atoms with E-state index in [-0.39, 0.29) is 11.8 Å². The Balaban J connectivity index is 1.61. The number of nitrogens with one attached hydrogen (secondary N) is 1. The number of sulfonamides is 1. The van der Waals surface area contributed by atoms with Crippen LogP contribution in [0.2, 0.25) is 0 Å². The first kappa shape index (κ1) is 19.6. The average molecular weight is 402 g/mol. The maximum absolute atomic E-state index is 12.1. The summed E-state index contributed by atoms with van der Waals surface area (Å²) in [7, 11) is -4.07. The molecule has 2 aromatic carbocycles. The van der Waals surface area contributed by atoms with Gasteiger partial charge in [0.05, 0.1) is 6.04 Å². The summed E-state index contributed by atoms with van der Waals surface area (Å²) in [5.74, 6) is -1.84. The molecule has 0 spiro atoms. The van der Waals surface area contributed by atoms with E-state index in [4.69, 9.17) is 14.3 Å². The molecule has 0 aliphatic rings. The molecule has 0 fully saturated rings. The van der Waals surface area contributed by atoms with Crippen molar-refractivity contribution in [3.05, 3.63) is 65.9 Å². The molecule has 0 saturated carbocycles. The van der Waals surface area contributed by atoms with E-state index >= 15 is 0 Å². The third kappa shape index (κ3) is 4.38. The molecule has 28 heavy (non-hydrogen) atoms. The van der Waals surface area contributed by atoms with Crippen molar-refractivity contribution in [2.75, 3.05) is 6.61 Å². The monoisotopic (exact) mass is 402 g/mol. The van der Waals surface area contributed by atoms with Crippen LogP contribution in [0.1, 0.15) is 29.1 Å². The number of benzene rings is 2. The van der Waals surface area contributed by atoms with E-state index in [1.165, 1.54) is 0 Å². The van der Waals surface area contributed by atoms with Crippen LogP contribution in [-0.2, 0) is 19.6 Å². The molecule has 0 radical (unpaired) electrons. The topological polar surface area (TPSA) is 129 Å². The van der Waals surface area contributed by atoms with Gasteiger partial charge in [0.1, 0.15) is 0 Å². The fraction of sp³-hybridized carbons (Fsp3) is 0.158. The van der Waals surface area contributed by atoms with Crippen LogP contribution >= 0.6 is 0 Å². The number of carbonyl (C=O) groups is 2. The quantitative estimate of drug-likeness (QED) is 0.608. The lowest BCUT2D eigenvalue weighted by Gasteiger charge is -2.16. The van der Waals surface area contributed by atoms with Gasteiger partial charge < -0.3 is 14.5 Å². The lowest BCUT2D eigenvalue weighted by atomic mass is 10.00. The van der Waals surface area contributed by atoms with Crippen molar-refractivity contribution in [1.82, 2.24) is 5.32 Å². The highest BCUT2D eigenvalue weighted by Crippen LogP contribution is 2.24. The van der Waals surface area contributed by atoms with Crippen molar-refractivity contribution in [3.8, 4) is 0 Å². The first-order valence-corrected chi connectivity index (χ1v) is 9.87. The van der Waals surface area contributed by atoms with Crippen molar-refractivity contribution in [1.29, 1.82) is 0 Å². The van der Waals surface area contributed by atoms with Gasteiger partial charge in [-0.2, -0.15) is 0 Å². The molecule has 0 aliphatic heterocycles. The van der Waals surface area contributed by atoms with Gasteiger partial charge in [-0.1, -0.05) is 42.5 Å². The summed E-state index contributed by atoms with van der Waals surface area (Å²) >= 11 is 0. The maximum Gasteiger partial charge on any atom is 0.374 e. The summed E-state index contributed by atoms with van der Waals surface area (Å²) in [4.78, 5) is 24.0. The molecule has 9 heteroatoms. The first-order chi connectivity index (χ1) is 13.3. The number of primary sulfonamides is 1. The van der Waals surface area contributed by atoms with E-state index in [0.29, 0.717) is 0 Å². The number of hydrogen-bond donors (Lipinski definition) is 2. The fourth-order valence-corrected chi connectivity index (χ4v) is 3.24. The molecule has 0 bridgehead atoms. The van der Waals surface area contributed by atoms with E-state index in [0.717, 1.165) is 28.5 Å². The lowest BCUT2D eigenvalue weighted by Crippen LogP contribution is -2.31. The van der Waals surface area contributed by atoms with Gasteiger partial charge in [-0.25, -0.2) is 18.4 Å². The van der Waals surface area contributed by atoms with Gasteiger partial charge in [-0.3, -0.25) is 4.79 Å². The van der Waals surface area contributed by atoms with Crippen LogP contribution in [0.25, 0.3) is 10.8 Å². The number of rotatable bonds is 6. The zero-order valence-corrected chi connectivity index (χ0v) is 15.7. The van der Waals surface area contributed by atoms with E-state index in [1.54, 1.807) is 0 Å². The summed E-state index contributed by atoms with van der Waals surface area (Å²) in [6.45, 7) is 1.28. The highest BCUT2D eigenvalue weighted by atomic mass is 32.2. The highest BCUT2D eigenvalue weighted by Gasteiger charge is 2.20. The van der Waals surface area contributed by atoms with Crippen LogP contribution < -0.4 is 10.5 Å². The van der Waals surface area contributed by atoms with Crippen molar-refractivity contribution in [2.45, 2.75) is 18.1 Å². The first-order valence-electron chi connectivity index (χ1n) is 8.32. The zero-order valence-electron chi connectivity index (χ0n) is 14.9. The number of ether oxygens (including phenoxy) is 1. The largest absolute Gasteiger partial charge is 0.450 e. The number of hydrogen-bond acceptors (Lipinski definition) is 6. The third-order valence-electron chi connectivity index (χ3n) is 4.06. The molecule has 1 heterocycles. The fourth-order valence-electron chi connectivity index (χ4n) is 2.77. The molecule has 3 aromatic rings. The summed E-state index contributed by atoms with van der Waals surface area (Å²) in [6.07, 6.45) is 0. The van der Waals surface area contributed by atoms with Crippen LogP contribution in [-0.4, -0.2) is 26.9 Å². The van der Waals surface area contributed by atoms with Crippen LogP contribution in [0.5, 0.6) is 0 Å². The van der Waals surface area contributed by atoms with Crippen LogP contribution in [0.3, 0.4) is 0 Å². The Labute approximate surface area is 161 Å². The number of carbonyl (C=O) groups excluding carboxylic acids is 2. The SMILES string of the molecule is CC(NC(=O)COC(=O)c1ccc(S(N)(=O)=O)o1)c1cccc2ccccc12. The summed E-state index contributed by atoms with van der Waals surface area (Å²) in [5, 5.41) is 9.17. The molecule has 1 aromatic heterocycles. The predicted octanol–water partition coefficient (Wildman–Crippen LogP) is 2.11. The molecule has 0 aliphatic carbocycles. The van der Waals surface area contributed by atoms with E-state index < -0.39 is 33.6 Å². The molecule has 146 valence electrons. The second-order valence-electron chi connectivity index (χ2n) is 6.10. The Morgan fingerprint density at radius 2 is 1.82 bits per heavy atom. The van der Waals surface area contributed by atoms with E-state index in [9.17, 15) is 18.0 Å². The zero-order chi connectivity index (χ0) is 20.3. The Morgan fingerprint density at radius 1 is 1.11 bits per heavy atom. The highest BCUT2D eigenvalue weighted by molar-refractivity contribution is 7.89. The summed E-state index contributed by atoms with van der Waals surface area (Å²) in [6, 6.07) is 15.4. The molecule has 1 unspecified atom stereocenters. The van der Waals surface area contributed by atoms with Crippen molar-refractivity contribution < 1.29 is 27.2 Å². The number of furan rings is 1. The van der Waals surface area contributed by atoms with Crippen molar-refractivity contribution in [3.63, 3.8) is 0 Å². The molecule has 3 rings (SSSR count). The maximum atomic E-state index is 12.1. The molecular weight excluding hydrogens is 384 g/mol. The molecule has 1 amide bonds. The van der Waals surface area contributed by atoms with Crippen LogP contribution in [0.15, 0.2) is 64.1 Å². The van der Waals surface area contributed by atoms with Gasteiger partial charge in [0.2, 0.25) is 10.9 Å². The minimum absolute atomic E-state index is 0.310. The second-order valence-corrected chi connectivity index (χ2v) is 7.59. The molecule has 8 nitrogen and oxygen atoms in total. The minimum atomic E-state index is -4.07. The normalized spacial score (nSPS) is 12.5. The van der Waals surface area contributed by atoms with Gasteiger partial charge >= 0.3 is 5.97 Å². The number of nitrogens with two attached hydrogens (primary N) is 1. The smallest absolute Gasteiger partial charge is 0.374 e. The van der Waals surface area contributed by atoms with Crippen LogP contribution in [0, 0.1) is 0 Å². The standard InChI is InChI=1S/C19H18N2O6S/c1-12(14-8-4-6-13-5-2-3-7-15(13)14)21-17(22)11-26-19(23)16-9-10-18(27-16)28(20,24)25/h2-10,12H,11H2,1H3,(H,21,22)(H2,20,24,25). The Bertz CT molecular complexity index is 1130. The van der Waals surface area contributed by atoms with Crippen molar-refractivity contribution in [2.24, 2.45) is 5.14 Å². The van der Waals surface area contributed by atoms with Gasteiger partial charge in [0, 0.05) is 0 Å². The van der Waals surface area contributed by atoms with E-state index in [1.807, 2.05) is 49.4 Å². The van der Waals surface area contributed by atoms with Gasteiger partial charge in [0.25, 0.3) is 15.9 Å². The van der Waals surface area contributed by atoms with E-state index in [2.05, 4.69) is 5.32 Å². The molecule has 1 atom stereocenters. The lowest BCUT2D eigenvalue weighted by molar-refractivity contribution is -0.124. The third-order valence-corrected chi connectivity index (χ3v) is 4.84. The Hall–Kier alpha value is -3.17. The van der Waals surface area contributed by atoms with Gasteiger partial charge in [-0.15, -0.1) is 0 Å². The van der Waals surface area contributed by atoms with Crippen molar-refractivity contribution >= 4 is 32.7 Å². The van der Waals surface area contributed by atoms with Gasteiger partial charge in [0.15, 0.2) is 6.61 Å². The molecule has 0 saturated heterocycles. The number of amides is 1. The predicted molar refractivity (Wildman–Crippen MR) is 101 cm³/mol. The Kier molecular flexibility index (Phi) is 5.48. The molecular formula is C19H18N2O6S. The minimum Gasteiger partial charge on any atom is -0.450 e. The summed E-state index contributed by atoms with van der Waals surface area (Å²) < 4.78 is 32.0. The van der Waals surface area contributed by atoms with Crippen LogP contribution in [0.4, 0.5) is 0 Å². The second kappa shape index (κ2) is 7.83. The van der Waals surface area contributed by atoms with Gasteiger partial charge in [-0.05, 0) is 35.4 Å². The molecule has 3 N–H and O–H groups in total.